The smallest absolute Gasteiger partial charge is 0.276 e. The number of amides is 1. The van der Waals surface area contributed by atoms with E-state index in [0.717, 1.165) is 20.8 Å². The largest absolute Gasteiger partial charge is 0.322 e. The number of carbonyl (C=O) groups excluding carboxylic acids is 1. The third-order valence-electron chi connectivity index (χ3n) is 2.94. The van der Waals surface area contributed by atoms with Crippen LogP contribution >= 0.6 is 46.1 Å². The Bertz CT molecular complexity index is 792. The second-order valence-corrected chi connectivity index (χ2v) is 7.83. The Labute approximate surface area is 145 Å². The lowest BCUT2D eigenvalue weighted by Crippen LogP contribution is -2.26. The molecule has 0 atom stereocenters. The van der Waals surface area contributed by atoms with Gasteiger partial charge in [-0.2, -0.15) is 0 Å². The summed E-state index contributed by atoms with van der Waals surface area (Å²) in [4.78, 5) is 16.2. The van der Waals surface area contributed by atoms with Crippen LogP contribution in [-0.2, 0) is 4.79 Å². The Hall–Kier alpha value is -1.33. The van der Waals surface area contributed by atoms with Gasteiger partial charge >= 0.3 is 0 Å². The lowest BCUT2D eigenvalue weighted by molar-refractivity contribution is -0.115. The highest BCUT2D eigenvalue weighted by atomic mass is 35.6. The van der Waals surface area contributed by atoms with Gasteiger partial charge < -0.3 is 5.32 Å². The fourth-order valence-electron chi connectivity index (χ4n) is 1.89. The van der Waals surface area contributed by atoms with Gasteiger partial charge in [0.1, 0.15) is 5.01 Å². The van der Waals surface area contributed by atoms with Crippen molar-refractivity contribution in [3.05, 3.63) is 48.5 Å². The van der Waals surface area contributed by atoms with E-state index in [0.29, 0.717) is 5.69 Å². The number of carbonyl (C=O) groups is 1. The van der Waals surface area contributed by atoms with Gasteiger partial charge in [-0.3, -0.25) is 4.79 Å². The molecule has 0 spiro atoms. The summed E-state index contributed by atoms with van der Waals surface area (Å²) in [5.41, 5.74) is 2.49. The number of hydrogen-bond donors (Lipinski definition) is 1. The highest BCUT2D eigenvalue weighted by Gasteiger charge is 2.30. The molecule has 0 fully saturated rings. The number of aromatic nitrogens is 1. The van der Waals surface area contributed by atoms with Crippen LogP contribution in [-0.4, -0.2) is 14.7 Å². The van der Waals surface area contributed by atoms with E-state index in [4.69, 9.17) is 34.8 Å². The topological polar surface area (TPSA) is 42.0 Å². The van der Waals surface area contributed by atoms with E-state index >= 15 is 0 Å². The van der Waals surface area contributed by atoms with E-state index in [-0.39, 0.29) is 0 Å². The fourth-order valence-corrected chi connectivity index (χ4v) is 3.01. The summed E-state index contributed by atoms with van der Waals surface area (Å²) >= 11 is 18.2. The number of thiazole rings is 1. The lowest BCUT2D eigenvalue weighted by atomic mass is 10.2. The molecule has 0 aliphatic heterocycles. The predicted molar refractivity (Wildman–Crippen MR) is 94.0 cm³/mol. The van der Waals surface area contributed by atoms with E-state index in [1.165, 1.54) is 0 Å². The van der Waals surface area contributed by atoms with E-state index in [9.17, 15) is 4.79 Å². The average Bonchev–Trinajstić information content (AvgIpc) is 2.91. The summed E-state index contributed by atoms with van der Waals surface area (Å²) in [5, 5.41) is 3.45. The summed E-state index contributed by atoms with van der Waals surface area (Å²) < 4.78 is -0.850. The van der Waals surface area contributed by atoms with Crippen LogP contribution in [0.4, 0.5) is 5.69 Å². The molecule has 2 aromatic carbocycles. The minimum Gasteiger partial charge on any atom is -0.322 e. The van der Waals surface area contributed by atoms with Crippen LogP contribution in [0.3, 0.4) is 0 Å². The molecule has 0 saturated carbocycles. The molecule has 0 aliphatic rings. The maximum Gasteiger partial charge on any atom is 0.276 e. The Kier molecular flexibility index (Phi) is 4.28. The zero-order chi connectivity index (χ0) is 15.7. The summed E-state index contributed by atoms with van der Waals surface area (Å²) in [5.74, 6) is -0.690. The van der Waals surface area contributed by atoms with Gasteiger partial charge in [0, 0.05) is 11.3 Å². The van der Waals surface area contributed by atoms with Gasteiger partial charge in [-0.15, -0.1) is 11.3 Å². The number of fused-ring (bicyclic) bond motifs is 1. The van der Waals surface area contributed by atoms with Crippen LogP contribution in [0.25, 0.3) is 20.8 Å². The second-order valence-electron chi connectivity index (χ2n) is 4.52. The predicted octanol–water partition coefficient (Wildman–Crippen LogP) is 5.27. The third-order valence-corrected chi connectivity index (χ3v) is 4.54. The maximum absolute atomic E-state index is 11.6. The molecule has 3 rings (SSSR count). The van der Waals surface area contributed by atoms with Crippen LogP contribution in [0.2, 0.25) is 0 Å². The van der Waals surface area contributed by atoms with Crippen molar-refractivity contribution in [3.8, 4) is 10.6 Å². The first-order valence-electron chi connectivity index (χ1n) is 6.28. The first-order valence-corrected chi connectivity index (χ1v) is 8.23. The molecule has 22 heavy (non-hydrogen) atoms. The zero-order valence-electron chi connectivity index (χ0n) is 11.0. The molecule has 1 heterocycles. The number of para-hydroxylation sites is 1. The van der Waals surface area contributed by atoms with Gasteiger partial charge in [0.2, 0.25) is 0 Å². The minimum absolute atomic E-state index is 0.557. The number of alkyl halides is 3. The highest BCUT2D eigenvalue weighted by Crippen LogP contribution is 2.31. The lowest BCUT2D eigenvalue weighted by Gasteiger charge is -2.11. The van der Waals surface area contributed by atoms with Gasteiger partial charge in [0.15, 0.2) is 0 Å². The molecule has 0 aliphatic carbocycles. The Morgan fingerprint density at radius 1 is 1.05 bits per heavy atom. The molecule has 112 valence electrons. The van der Waals surface area contributed by atoms with Gasteiger partial charge in [-0.05, 0) is 36.4 Å². The van der Waals surface area contributed by atoms with Crippen molar-refractivity contribution >= 4 is 68.0 Å². The number of nitrogens with one attached hydrogen (secondary N) is 1. The van der Waals surface area contributed by atoms with Crippen molar-refractivity contribution in [2.75, 3.05) is 5.32 Å². The SMILES string of the molecule is O=C(Nc1ccc(-c2nc3ccccc3s2)cc1)C(Cl)(Cl)Cl. The van der Waals surface area contributed by atoms with Gasteiger partial charge in [0.25, 0.3) is 9.70 Å². The summed E-state index contributed by atoms with van der Waals surface area (Å²) in [7, 11) is 0. The van der Waals surface area contributed by atoms with Gasteiger partial charge in [-0.25, -0.2) is 4.98 Å². The first kappa shape index (κ1) is 15.6. The zero-order valence-corrected chi connectivity index (χ0v) is 14.1. The van der Waals surface area contributed by atoms with Gasteiger partial charge in [-0.1, -0.05) is 46.9 Å². The molecular weight excluding hydrogens is 363 g/mol. The van der Waals surface area contributed by atoms with Crippen LogP contribution in [0.15, 0.2) is 48.5 Å². The van der Waals surface area contributed by atoms with Gasteiger partial charge in [0.05, 0.1) is 10.2 Å². The van der Waals surface area contributed by atoms with E-state index in [1.807, 2.05) is 36.4 Å². The number of halogens is 3. The number of benzene rings is 2. The molecule has 1 amide bonds. The van der Waals surface area contributed by atoms with E-state index in [2.05, 4.69) is 10.3 Å². The maximum atomic E-state index is 11.6. The van der Waals surface area contributed by atoms with Crippen molar-refractivity contribution in [1.29, 1.82) is 0 Å². The van der Waals surface area contributed by atoms with Crippen molar-refractivity contribution < 1.29 is 4.79 Å². The third kappa shape index (κ3) is 3.36. The Morgan fingerprint density at radius 3 is 2.36 bits per heavy atom. The molecule has 3 nitrogen and oxygen atoms in total. The monoisotopic (exact) mass is 370 g/mol. The molecule has 0 unspecified atom stereocenters. The molecule has 0 radical (unpaired) electrons. The van der Waals surface area contributed by atoms with Crippen LogP contribution < -0.4 is 5.32 Å². The van der Waals surface area contributed by atoms with Crippen molar-refractivity contribution in [2.45, 2.75) is 3.79 Å². The molecule has 7 heteroatoms. The molecule has 1 N–H and O–H groups in total. The number of nitrogens with zero attached hydrogens (tertiary/aromatic N) is 1. The Balaban J connectivity index is 1.83. The number of hydrogen-bond acceptors (Lipinski definition) is 3. The average molecular weight is 372 g/mol. The van der Waals surface area contributed by atoms with E-state index in [1.54, 1.807) is 23.5 Å². The normalized spacial score (nSPS) is 11.6. The van der Waals surface area contributed by atoms with Crippen molar-refractivity contribution in [1.82, 2.24) is 4.98 Å². The number of anilines is 1. The highest BCUT2D eigenvalue weighted by molar-refractivity contribution is 7.21. The Morgan fingerprint density at radius 2 is 1.73 bits per heavy atom. The molecule has 0 bridgehead atoms. The minimum atomic E-state index is -1.98. The van der Waals surface area contributed by atoms with Crippen LogP contribution in [0, 0.1) is 0 Å². The molecule has 1 aromatic heterocycles. The standard InChI is InChI=1S/C15H9Cl3N2OS/c16-15(17,18)14(21)19-10-7-5-9(6-8-10)13-20-11-3-1-2-4-12(11)22-13/h1-8H,(H,19,21). The van der Waals surface area contributed by atoms with Crippen LogP contribution in [0.1, 0.15) is 0 Å². The number of rotatable bonds is 2. The fraction of sp³-hybridized carbons (Fsp3) is 0.0667. The summed E-state index contributed by atoms with van der Waals surface area (Å²) in [6.07, 6.45) is 0. The van der Waals surface area contributed by atoms with Crippen molar-refractivity contribution in [2.24, 2.45) is 0 Å². The first-order chi connectivity index (χ1) is 10.4. The molecule has 0 saturated heterocycles. The summed E-state index contributed by atoms with van der Waals surface area (Å²) in [6, 6.07) is 15.2. The quantitative estimate of drug-likeness (QED) is 0.623. The second kappa shape index (κ2) is 6.05. The molecule has 3 aromatic rings. The van der Waals surface area contributed by atoms with E-state index < -0.39 is 9.70 Å². The van der Waals surface area contributed by atoms with Crippen LogP contribution in [0.5, 0.6) is 0 Å². The summed E-state index contributed by atoms with van der Waals surface area (Å²) in [6.45, 7) is 0. The van der Waals surface area contributed by atoms with Crippen molar-refractivity contribution in [3.63, 3.8) is 0 Å². The molecular formula is C15H9Cl3N2OS.